The second kappa shape index (κ2) is 9.56. The highest BCUT2D eigenvalue weighted by atomic mass is 32.2. The van der Waals surface area contributed by atoms with Gasteiger partial charge in [-0.2, -0.15) is 5.26 Å². The smallest absolute Gasteiger partial charge is 0.316 e. The van der Waals surface area contributed by atoms with E-state index in [2.05, 4.69) is 16.4 Å². The molecule has 0 aliphatic heterocycles. The summed E-state index contributed by atoms with van der Waals surface area (Å²) in [4.78, 5) is 28.3. The number of amides is 1. The highest BCUT2D eigenvalue weighted by molar-refractivity contribution is 7.99. The Labute approximate surface area is 172 Å². The summed E-state index contributed by atoms with van der Waals surface area (Å²) >= 11 is 1.12. The number of carbonyl (C=O) groups is 2. The maximum absolute atomic E-state index is 13.4. The molecule has 1 amide bonds. The van der Waals surface area contributed by atoms with Gasteiger partial charge in [-0.1, -0.05) is 37.1 Å². The Morgan fingerprint density at radius 2 is 2.14 bits per heavy atom. The average Bonchev–Trinajstić information content (AvgIpc) is 3.20. The van der Waals surface area contributed by atoms with E-state index in [9.17, 15) is 19.2 Å². The van der Waals surface area contributed by atoms with Gasteiger partial charge < -0.3 is 10.1 Å². The Bertz CT molecular complexity index is 918. The predicted octanol–water partition coefficient (Wildman–Crippen LogP) is 2.99. The SMILES string of the molecule is N#CC1(NC(=O)COC(=O)CSc2nccn2-c2cccc(F)c2)CCCCC1. The van der Waals surface area contributed by atoms with E-state index in [0.29, 0.717) is 23.7 Å². The molecule has 9 heteroatoms. The fourth-order valence-corrected chi connectivity index (χ4v) is 4.02. The van der Waals surface area contributed by atoms with Crippen LogP contribution >= 0.6 is 11.8 Å². The van der Waals surface area contributed by atoms with E-state index in [1.54, 1.807) is 29.1 Å². The van der Waals surface area contributed by atoms with Gasteiger partial charge in [-0.3, -0.25) is 14.2 Å². The van der Waals surface area contributed by atoms with Crippen LogP contribution in [-0.2, 0) is 14.3 Å². The van der Waals surface area contributed by atoms with Gasteiger partial charge in [0.25, 0.3) is 5.91 Å². The molecule has 1 aromatic heterocycles. The van der Waals surface area contributed by atoms with Crippen molar-refractivity contribution in [2.75, 3.05) is 12.4 Å². The average molecular weight is 416 g/mol. The first-order valence-corrected chi connectivity index (χ1v) is 10.3. The van der Waals surface area contributed by atoms with Gasteiger partial charge in [-0.05, 0) is 31.0 Å². The number of halogens is 1. The lowest BCUT2D eigenvalue weighted by atomic mass is 9.83. The standard InChI is InChI=1S/C20H21FN4O3S/c21-15-5-4-6-16(11-15)25-10-9-23-19(25)29-13-18(27)28-12-17(26)24-20(14-22)7-2-1-3-8-20/h4-6,9-11H,1-3,7-8,12-13H2,(H,24,26). The third-order valence-electron chi connectivity index (χ3n) is 4.68. The molecule has 0 spiro atoms. The number of esters is 1. The van der Waals surface area contributed by atoms with Crippen LogP contribution in [0, 0.1) is 17.1 Å². The Morgan fingerprint density at radius 3 is 2.86 bits per heavy atom. The molecule has 0 radical (unpaired) electrons. The van der Waals surface area contributed by atoms with Crippen LogP contribution in [0.3, 0.4) is 0 Å². The molecule has 1 aliphatic carbocycles. The van der Waals surface area contributed by atoms with Crippen molar-refractivity contribution in [3.8, 4) is 11.8 Å². The van der Waals surface area contributed by atoms with Gasteiger partial charge in [0.15, 0.2) is 11.8 Å². The quantitative estimate of drug-likeness (QED) is 0.551. The van der Waals surface area contributed by atoms with E-state index in [-0.39, 0.29) is 11.6 Å². The molecule has 1 aromatic carbocycles. The van der Waals surface area contributed by atoms with E-state index in [4.69, 9.17) is 4.74 Å². The molecular formula is C20H21FN4O3S. The van der Waals surface area contributed by atoms with Crippen molar-refractivity contribution in [2.45, 2.75) is 42.8 Å². The summed E-state index contributed by atoms with van der Waals surface area (Å²) < 4.78 is 20.1. The monoisotopic (exact) mass is 416 g/mol. The third-order valence-corrected chi connectivity index (χ3v) is 5.62. The molecule has 2 aromatic rings. The number of ether oxygens (including phenoxy) is 1. The van der Waals surface area contributed by atoms with Crippen molar-refractivity contribution in [2.24, 2.45) is 0 Å². The summed E-state index contributed by atoms with van der Waals surface area (Å²) in [7, 11) is 0. The van der Waals surface area contributed by atoms with Crippen molar-refractivity contribution in [3.63, 3.8) is 0 Å². The minimum absolute atomic E-state index is 0.0526. The van der Waals surface area contributed by atoms with Crippen LogP contribution in [0.15, 0.2) is 41.8 Å². The van der Waals surface area contributed by atoms with Gasteiger partial charge in [0.2, 0.25) is 0 Å². The second-order valence-electron chi connectivity index (χ2n) is 6.81. The summed E-state index contributed by atoms with van der Waals surface area (Å²) in [5.74, 6) is -1.48. The zero-order valence-corrected chi connectivity index (χ0v) is 16.6. The van der Waals surface area contributed by atoms with Gasteiger partial charge in [-0.15, -0.1) is 0 Å². The van der Waals surface area contributed by atoms with Crippen molar-refractivity contribution in [1.82, 2.24) is 14.9 Å². The molecule has 29 heavy (non-hydrogen) atoms. The molecule has 0 bridgehead atoms. The number of benzene rings is 1. The maximum atomic E-state index is 13.4. The van der Waals surface area contributed by atoms with Crippen molar-refractivity contribution in [1.29, 1.82) is 5.26 Å². The number of hydrogen-bond donors (Lipinski definition) is 1. The molecular weight excluding hydrogens is 395 g/mol. The molecule has 0 saturated heterocycles. The number of aromatic nitrogens is 2. The van der Waals surface area contributed by atoms with Gasteiger partial charge in [-0.25, -0.2) is 9.37 Å². The number of nitriles is 1. The Balaban J connectivity index is 1.48. The van der Waals surface area contributed by atoms with Crippen molar-refractivity contribution in [3.05, 3.63) is 42.5 Å². The number of imidazole rings is 1. The van der Waals surface area contributed by atoms with E-state index in [1.165, 1.54) is 12.1 Å². The van der Waals surface area contributed by atoms with Crippen LogP contribution in [0.2, 0.25) is 0 Å². The Kier molecular flexibility index (Phi) is 6.88. The van der Waals surface area contributed by atoms with Gasteiger partial charge in [0, 0.05) is 12.4 Å². The van der Waals surface area contributed by atoms with Gasteiger partial charge in [0.1, 0.15) is 11.4 Å². The number of hydrogen-bond acceptors (Lipinski definition) is 6. The van der Waals surface area contributed by atoms with Gasteiger partial charge >= 0.3 is 5.97 Å². The second-order valence-corrected chi connectivity index (χ2v) is 7.75. The zero-order valence-electron chi connectivity index (χ0n) is 15.8. The molecule has 7 nitrogen and oxygen atoms in total. The topological polar surface area (TPSA) is 97.0 Å². The first kappa shape index (κ1) is 20.9. The van der Waals surface area contributed by atoms with E-state index in [1.807, 2.05) is 0 Å². The van der Waals surface area contributed by atoms with Crippen LogP contribution < -0.4 is 5.32 Å². The lowest BCUT2D eigenvalue weighted by Gasteiger charge is -2.31. The Hall–Kier alpha value is -2.86. The number of nitrogens with one attached hydrogen (secondary N) is 1. The molecule has 1 fully saturated rings. The van der Waals surface area contributed by atoms with Crippen molar-refractivity contribution < 1.29 is 18.7 Å². The molecule has 3 rings (SSSR count). The molecule has 0 unspecified atom stereocenters. The highest BCUT2D eigenvalue weighted by Gasteiger charge is 2.33. The van der Waals surface area contributed by atoms with E-state index >= 15 is 0 Å². The minimum atomic E-state index is -0.855. The highest BCUT2D eigenvalue weighted by Crippen LogP contribution is 2.27. The fourth-order valence-electron chi connectivity index (χ4n) is 3.25. The lowest BCUT2D eigenvalue weighted by Crippen LogP contribution is -2.50. The summed E-state index contributed by atoms with van der Waals surface area (Å²) in [5.41, 5.74) is -0.265. The summed E-state index contributed by atoms with van der Waals surface area (Å²) in [6.07, 6.45) is 7.28. The number of rotatable bonds is 7. The molecule has 1 aliphatic rings. The summed E-state index contributed by atoms with van der Waals surface area (Å²) in [5, 5.41) is 12.6. The van der Waals surface area contributed by atoms with Crippen LogP contribution in [0.4, 0.5) is 4.39 Å². The van der Waals surface area contributed by atoms with Crippen molar-refractivity contribution >= 4 is 23.6 Å². The van der Waals surface area contributed by atoms with Gasteiger partial charge in [0.05, 0.1) is 17.5 Å². The molecule has 1 heterocycles. The fraction of sp³-hybridized carbons (Fsp3) is 0.400. The summed E-state index contributed by atoms with van der Waals surface area (Å²) in [6.45, 7) is -0.429. The normalized spacial score (nSPS) is 15.3. The van der Waals surface area contributed by atoms with Crippen LogP contribution in [0.25, 0.3) is 5.69 Å². The minimum Gasteiger partial charge on any atom is -0.455 e. The number of thioether (sulfide) groups is 1. The maximum Gasteiger partial charge on any atom is 0.316 e. The number of carbonyl (C=O) groups excluding carboxylic acids is 2. The third kappa shape index (κ3) is 5.57. The molecule has 1 saturated carbocycles. The van der Waals surface area contributed by atoms with E-state index in [0.717, 1.165) is 31.0 Å². The number of nitrogens with zero attached hydrogens (tertiary/aromatic N) is 3. The first-order valence-electron chi connectivity index (χ1n) is 9.31. The van der Waals surface area contributed by atoms with Crippen LogP contribution in [0.5, 0.6) is 0 Å². The zero-order chi connectivity index (χ0) is 20.7. The summed E-state index contributed by atoms with van der Waals surface area (Å²) in [6, 6.07) is 8.22. The van der Waals surface area contributed by atoms with Crippen LogP contribution in [0.1, 0.15) is 32.1 Å². The van der Waals surface area contributed by atoms with Crippen LogP contribution in [-0.4, -0.2) is 39.3 Å². The molecule has 0 atom stereocenters. The molecule has 1 N–H and O–H groups in total. The van der Waals surface area contributed by atoms with E-state index < -0.39 is 24.0 Å². The largest absolute Gasteiger partial charge is 0.455 e. The molecule has 152 valence electrons. The predicted molar refractivity (Wildman–Crippen MR) is 105 cm³/mol. The lowest BCUT2D eigenvalue weighted by molar-refractivity contribution is -0.146. The first-order chi connectivity index (χ1) is 14.0. The Morgan fingerprint density at radius 1 is 1.34 bits per heavy atom.